The average molecular weight is 661 g/mol. The molecule has 0 spiro atoms. The quantitative estimate of drug-likeness (QED) is 0.163. The zero-order chi connectivity index (χ0) is 30.7. The van der Waals surface area contributed by atoms with E-state index in [9.17, 15) is 33.9 Å². The molecule has 5 rings (SSSR count). The molecule has 43 heavy (non-hydrogen) atoms. The number of β-lactam (4-membered cyclic amide) rings is 1. The van der Waals surface area contributed by atoms with Gasteiger partial charge in [-0.15, -0.1) is 23.5 Å². The third-order valence-corrected chi connectivity index (χ3v) is 10.7. The number of aryl methyl sites for hydroxylation is 1. The van der Waals surface area contributed by atoms with Crippen molar-refractivity contribution >= 4 is 87.5 Å². The van der Waals surface area contributed by atoms with Gasteiger partial charge in [0.1, 0.15) is 29.6 Å². The number of hydrogen-bond donors (Lipinski definition) is 4. The lowest BCUT2D eigenvalue weighted by molar-refractivity contribution is -0.151. The second-order valence-corrected chi connectivity index (χ2v) is 13.6. The van der Waals surface area contributed by atoms with E-state index in [4.69, 9.17) is 0 Å². The zero-order valence-electron chi connectivity index (χ0n) is 22.4. The first kappa shape index (κ1) is 30.8. The predicted molar refractivity (Wildman–Crippen MR) is 162 cm³/mol. The van der Waals surface area contributed by atoms with Gasteiger partial charge < -0.3 is 21.1 Å². The summed E-state index contributed by atoms with van der Waals surface area (Å²) >= 11 is 4.98. The van der Waals surface area contributed by atoms with Crippen molar-refractivity contribution in [3.63, 3.8) is 0 Å². The number of amides is 5. The van der Waals surface area contributed by atoms with Gasteiger partial charge in [0, 0.05) is 11.5 Å². The van der Waals surface area contributed by atoms with Gasteiger partial charge in [-0.2, -0.15) is 9.37 Å². The number of amidine groups is 1. The van der Waals surface area contributed by atoms with Gasteiger partial charge in [0.15, 0.2) is 5.17 Å². The summed E-state index contributed by atoms with van der Waals surface area (Å²) < 4.78 is 5.18. The number of nitrogens with one attached hydrogen (secondary N) is 3. The molecule has 2 unspecified atom stereocenters. The fourth-order valence-electron chi connectivity index (χ4n) is 4.43. The Morgan fingerprint density at radius 1 is 1.19 bits per heavy atom. The van der Waals surface area contributed by atoms with E-state index in [1.807, 2.05) is 13.0 Å². The Kier molecular flexibility index (Phi) is 9.53. The van der Waals surface area contributed by atoms with Crippen LogP contribution in [0.3, 0.4) is 0 Å². The van der Waals surface area contributed by atoms with Gasteiger partial charge in [0.25, 0.3) is 11.8 Å². The first-order valence-electron chi connectivity index (χ1n) is 12.8. The third kappa shape index (κ3) is 7.11. The van der Waals surface area contributed by atoms with E-state index < -0.39 is 53.0 Å². The standard InChI is InChI=1S/C26H24N6O7S4/c1-12-7-18(43-31-12)40-9-14-10-41-24-20(23(37)32(24)21(14)25(38)39)30-22(36)19(13-5-3-2-4-6-13)27-17(35)11-42-26-28-15(33)8-16(34)29-26/h2-7,19-20,24H,8-11H2,1H3,(H,27,35)(H,30,36)(H,38,39)(H,28,29,33,34)/t19?,20?,24-/m0/s1. The second-order valence-electron chi connectivity index (χ2n) is 9.46. The predicted octanol–water partition coefficient (Wildman–Crippen LogP) is 1.28. The summed E-state index contributed by atoms with van der Waals surface area (Å²) in [4.78, 5) is 79.7. The fraction of sp³-hybridized carbons (Fsp3) is 0.308. The van der Waals surface area contributed by atoms with Crippen molar-refractivity contribution < 1.29 is 33.9 Å². The Morgan fingerprint density at radius 3 is 2.63 bits per heavy atom. The monoisotopic (exact) mass is 660 g/mol. The average Bonchev–Trinajstić information content (AvgIpc) is 3.40. The van der Waals surface area contributed by atoms with Crippen LogP contribution in [0.1, 0.15) is 23.7 Å². The lowest BCUT2D eigenvalue weighted by atomic mass is 10.0. The van der Waals surface area contributed by atoms with E-state index in [2.05, 4.69) is 25.3 Å². The Labute approximate surface area is 261 Å². The van der Waals surface area contributed by atoms with E-state index in [0.29, 0.717) is 22.6 Å². The van der Waals surface area contributed by atoms with Crippen LogP contribution in [0.25, 0.3) is 0 Å². The molecule has 17 heteroatoms. The Morgan fingerprint density at radius 2 is 1.95 bits per heavy atom. The highest BCUT2D eigenvalue weighted by Gasteiger charge is 2.54. The van der Waals surface area contributed by atoms with E-state index in [-0.39, 0.29) is 23.0 Å². The number of carbonyl (C=O) groups excluding carboxylic acids is 5. The zero-order valence-corrected chi connectivity index (χ0v) is 25.7. The number of thioether (sulfide) groups is 3. The van der Waals surface area contributed by atoms with Gasteiger partial charge in [-0.1, -0.05) is 42.1 Å². The van der Waals surface area contributed by atoms with Crippen LogP contribution < -0.4 is 16.0 Å². The highest BCUT2D eigenvalue weighted by atomic mass is 32.2. The largest absolute Gasteiger partial charge is 0.477 e. The maximum Gasteiger partial charge on any atom is 0.352 e. The van der Waals surface area contributed by atoms with Gasteiger partial charge in [-0.05, 0) is 35.7 Å². The lowest BCUT2D eigenvalue weighted by Gasteiger charge is -2.49. The number of rotatable bonds is 10. The summed E-state index contributed by atoms with van der Waals surface area (Å²) in [6.07, 6.45) is -0.361. The molecular weight excluding hydrogens is 637 g/mol. The number of aromatic nitrogens is 1. The van der Waals surface area contributed by atoms with Crippen LogP contribution in [0, 0.1) is 6.92 Å². The summed E-state index contributed by atoms with van der Waals surface area (Å²) in [6.45, 7) is 1.88. The number of aliphatic carboxylic acids is 1. The summed E-state index contributed by atoms with van der Waals surface area (Å²) in [5, 5.41) is 17.1. The summed E-state index contributed by atoms with van der Waals surface area (Å²) in [5.41, 5.74) is 1.87. The minimum atomic E-state index is -1.22. The number of aliphatic imine (C=N–C) groups is 1. The minimum Gasteiger partial charge on any atom is -0.477 e. The highest BCUT2D eigenvalue weighted by molar-refractivity contribution is 8.14. The SMILES string of the molecule is Cc1cc(SCC2=C(C(=O)O)N3C(=O)C(NC(=O)C(NC(=O)CSC4=NC(=O)CC(=O)N4)c4ccccc4)[C@@H]3SC2)sn1. The molecule has 0 radical (unpaired) electrons. The second kappa shape index (κ2) is 13.3. The van der Waals surface area contributed by atoms with E-state index >= 15 is 0 Å². The fourth-order valence-corrected chi connectivity index (χ4v) is 8.43. The van der Waals surface area contributed by atoms with Crippen LogP contribution >= 0.6 is 46.8 Å². The summed E-state index contributed by atoms with van der Waals surface area (Å²) in [5.74, 6) is -3.63. The number of carboxylic acid groups (broad SMARTS) is 1. The van der Waals surface area contributed by atoms with Crippen LogP contribution in [0.2, 0.25) is 0 Å². The number of hydrogen-bond acceptors (Lipinski definition) is 11. The molecular formula is C26H24N6O7S4. The normalized spacial score (nSPS) is 20.4. The lowest BCUT2D eigenvalue weighted by Crippen LogP contribution is -2.71. The molecule has 3 atom stereocenters. The first-order chi connectivity index (χ1) is 20.6. The minimum absolute atomic E-state index is 0.00572. The molecule has 2 aromatic rings. The maximum atomic E-state index is 13.5. The van der Waals surface area contributed by atoms with Crippen LogP contribution in [0.4, 0.5) is 0 Å². The molecule has 13 nitrogen and oxygen atoms in total. The number of fused-ring (bicyclic) bond motifs is 1. The van der Waals surface area contributed by atoms with E-state index in [1.165, 1.54) is 40.0 Å². The van der Waals surface area contributed by atoms with Gasteiger partial charge in [-0.25, -0.2) is 4.79 Å². The molecule has 1 aromatic carbocycles. The third-order valence-electron chi connectivity index (χ3n) is 6.37. The van der Waals surface area contributed by atoms with Gasteiger partial charge in [0.2, 0.25) is 17.7 Å². The number of nitrogens with zero attached hydrogens (tertiary/aromatic N) is 3. The Balaban J connectivity index is 1.25. The molecule has 4 N–H and O–H groups in total. The molecule has 5 amide bonds. The molecule has 3 aliphatic heterocycles. The topological polar surface area (TPSA) is 187 Å². The van der Waals surface area contributed by atoms with Crippen LogP contribution in [0.15, 0.2) is 56.9 Å². The molecule has 0 saturated carbocycles. The van der Waals surface area contributed by atoms with Crippen LogP contribution in [-0.4, -0.2) is 83.7 Å². The van der Waals surface area contributed by atoms with Crippen molar-refractivity contribution in [1.29, 1.82) is 0 Å². The molecule has 1 saturated heterocycles. The summed E-state index contributed by atoms with van der Waals surface area (Å²) in [7, 11) is 0. The molecule has 0 aliphatic carbocycles. The maximum absolute atomic E-state index is 13.5. The van der Waals surface area contributed by atoms with Crippen molar-refractivity contribution in [2.45, 2.75) is 35.0 Å². The molecule has 224 valence electrons. The summed E-state index contributed by atoms with van der Waals surface area (Å²) in [6, 6.07) is 8.18. The number of carbonyl (C=O) groups is 6. The highest BCUT2D eigenvalue weighted by Crippen LogP contribution is 2.42. The molecule has 3 aliphatic rings. The first-order valence-corrected chi connectivity index (χ1v) is 16.5. The number of carboxylic acids is 1. The Bertz CT molecular complexity index is 1560. The van der Waals surface area contributed by atoms with Crippen molar-refractivity contribution in [1.82, 2.24) is 25.2 Å². The molecule has 4 heterocycles. The molecule has 1 fully saturated rings. The van der Waals surface area contributed by atoms with Gasteiger partial charge in [0.05, 0.1) is 15.7 Å². The van der Waals surface area contributed by atoms with E-state index in [0.717, 1.165) is 21.7 Å². The number of benzene rings is 1. The van der Waals surface area contributed by atoms with Gasteiger partial charge >= 0.3 is 5.97 Å². The van der Waals surface area contributed by atoms with Crippen molar-refractivity contribution in [2.75, 3.05) is 17.3 Å². The van der Waals surface area contributed by atoms with Crippen LogP contribution in [-0.2, 0) is 28.8 Å². The van der Waals surface area contributed by atoms with Crippen molar-refractivity contribution in [2.24, 2.45) is 4.99 Å². The van der Waals surface area contributed by atoms with E-state index in [1.54, 1.807) is 30.3 Å². The van der Waals surface area contributed by atoms with Crippen LogP contribution in [0.5, 0.6) is 0 Å². The Hall–Kier alpha value is -3.67. The molecule has 0 bridgehead atoms. The smallest absolute Gasteiger partial charge is 0.352 e. The van der Waals surface area contributed by atoms with Crippen molar-refractivity contribution in [3.8, 4) is 0 Å². The van der Waals surface area contributed by atoms with Crippen molar-refractivity contribution in [3.05, 3.63) is 58.9 Å². The van der Waals surface area contributed by atoms with Gasteiger partial charge in [-0.3, -0.25) is 28.9 Å². The molecule has 1 aromatic heterocycles.